The zero-order valence-electron chi connectivity index (χ0n) is 12.0. The van der Waals surface area contributed by atoms with E-state index in [2.05, 4.69) is 5.32 Å². The molecule has 0 amide bonds. The summed E-state index contributed by atoms with van der Waals surface area (Å²) in [5, 5.41) is 4.57. The average Bonchev–Trinajstić information content (AvgIpc) is 2.47. The van der Waals surface area contributed by atoms with Gasteiger partial charge in [-0.15, -0.1) is 0 Å². The number of rotatable bonds is 4. The Morgan fingerprint density at radius 2 is 2.00 bits per heavy atom. The molecule has 2 aromatic rings. The molecule has 0 saturated heterocycles. The average molecular weight is 321 g/mol. The molecule has 2 aromatic carbocycles. The smallest absolute Gasteiger partial charge is 0.173 e. The first kappa shape index (κ1) is 15.6. The van der Waals surface area contributed by atoms with E-state index in [1.807, 2.05) is 60.5 Å². The number of methoxy groups -OCH3 is 1. The van der Waals surface area contributed by atoms with Gasteiger partial charge < -0.3 is 15.0 Å². The second-order valence-electron chi connectivity index (χ2n) is 4.65. The van der Waals surface area contributed by atoms with Crippen molar-refractivity contribution < 1.29 is 4.74 Å². The van der Waals surface area contributed by atoms with Crippen molar-refractivity contribution in [3.05, 3.63) is 59.1 Å². The standard InChI is InChI=1S/C16H17ClN2OS/c1-19(11-12-5-3-6-13(17)9-12)16(21)18-14-7-4-8-15(10-14)20-2/h3-10H,11H2,1-2H3,(H,18,21). The number of hydrogen-bond acceptors (Lipinski definition) is 2. The largest absolute Gasteiger partial charge is 0.497 e. The fourth-order valence-corrected chi connectivity index (χ4v) is 2.30. The van der Waals surface area contributed by atoms with Crippen molar-refractivity contribution in [2.75, 3.05) is 19.5 Å². The molecule has 0 aromatic heterocycles. The first-order valence-electron chi connectivity index (χ1n) is 6.49. The second kappa shape index (κ2) is 7.29. The predicted molar refractivity (Wildman–Crippen MR) is 92.1 cm³/mol. The SMILES string of the molecule is COc1cccc(NC(=S)N(C)Cc2cccc(Cl)c2)c1. The molecular weight excluding hydrogens is 304 g/mol. The minimum Gasteiger partial charge on any atom is -0.497 e. The van der Waals surface area contributed by atoms with Crippen LogP contribution in [0.4, 0.5) is 5.69 Å². The van der Waals surface area contributed by atoms with Crippen LogP contribution in [0.3, 0.4) is 0 Å². The third kappa shape index (κ3) is 4.62. The lowest BCUT2D eigenvalue weighted by Crippen LogP contribution is -2.30. The Morgan fingerprint density at radius 1 is 1.24 bits per heavy atom. The van der Waals surface area contributed by atoms with E-state index in [1.54, 1.807) is 7.11 Å². The highest BCUT2D eigenvalue weighted by Gasteiger charge is 2.06. The van der Waals surface area contributed by atoms with E-state index in [1.165, 1.54) is 0 Å². The maximum absolute atomic E-state index is 5.99. The van der Waals surface area contributed by atoms with E-state index in [0.717, 1.165) is 22.0 Å². The molecule has 5 heteroatoms. The molecule has 0 aliphatic heterocycles. The number of hydrogen-bond donors (Lipinski definition) is 1. The highest BCUT2D eigenvalue weighted by Crippen LogP contribution is 2.18. The van der Waals surface area contributed by atoms with Crippen molar-refractivity contribution in [1.82, 2.24) is 4.90 Å². The zero-order valence-corrected chi connectivity index (χ0v) is 13.5. The fraction of sp³-hybridized carbons (Fsp3) is 0.188. The van der Waals surface area contributed by atoms with Crippen LogP contribution in [-0.2, 0) is 6.54 Å². The Balaban J connectivity index is 1.99. The Bertz CT molecular complexity index is 633. The lowest BCUT2D eigenvalue weighted by molar-refractivity contribution is 0.415. The molecule has 0 bridgehead atoms. The molecule has 0 unspecified atom stereocenters. The summed E-state index contributed by atoms with van der Waals surface area (Å²) in [4.78, 5) is 1.96. The molecule has 0 aliphatic rings. The lowest BCUT2D eigenvalue weighted by Gasteiger charge is -2.21. The first-order chi connectivity index (χ1) is 10.1. The van der Waals surface area contributed by atoms with Crippen LogP contribution in [0, 0.1) is 0 Å². The maximum atomic E-state index is 5.99. The molecule has 0 radical (unpaired) electrons. The molecule has 1 N–H and O–H groups in total. The summed E-state index contributed by atoms with van der Waals surface area (Å²) in [6.45, 7) is 0.691. The maximum Gasteiger partial charge on any atom is 0.173 e. The molecule has 110 valence electrons. The quantitative estimate of drug-likeness (QED) is 0.854. The third-order valence-corrected chi connectivity index (χ3v) is 3.63. The van der Waals surface area contributed by atoms with Crippen molar-refractivity contribution in [3.63, 3.8) is 0 Å². The number of nitrogens with zero attached hydrogens (tertiary/aromatic N) is 1. The van der Waals surface area contributed by atoms with Crippen LogP contribution in [0.5, 0.6) is 5.75 Å². The van der Waals surface area contributed by atoms with Gasteiger partial charge in [0.05, 0.1) is 7.11 Å². The lowest BCUT2D eigenvalue weighted by atomic mass is 10.2. The molecule has 3 nitrogen and oxygen atoms in total. The highest BCUT2D eigenvalue weighted by atomic mass is 35.5. The number of benzene rings is 2. The summed E-state index contributed by atoms with van der Waals surface area (Å²) in [5.74, 6) is 0.792. The summed E-state index contributed by atoms with van der Waals surface area (Å²) in [6.07, 6.45) is 0. The van der Waals surface area contributed by atoms with Crippen molar-refractivity contribution >= 4 is 34.6 Å². The topological polar surface area (TPSA) is 24.5 Å². The van der Waals surface area contributed by atoms with E-state index >= 15 is 0 Å². The van der Waals surface area contributed by atoms with Gasteiger partial charge in [0.25, 0.3) is 0 Å². The Labute approximate surface area is 135 Å². The second-order valence-corrected chi connectivity index (χ2v) is 5.47. The number of anilines is 1. The van der Waals surface area contributed by atoms with Crippen molar-refractivity contribution in [3.8, 4) is 5.75 Å². The molecule has 0 atom stereocenters. The van der Waals surface area contributed by atoms with E-state index in [-0.39, 0.29) is 0 Å². The highest BCUT2D eigenvalue weighted by molar-refractivity contribution is 7.80. The zero-order chi connectivity index (χ0) is 15.2. The van der Waals surface area contributed by atoms with Crippen LogP contribution in [0.1, 0.15) is 5.56 Å². The monoisotopic (exact) mass is 320 g/mol. The van der Waals surface area contributed by atoms with Gasteiger partial charge in [-0.1, -0.05) is 29.8 Å². The van der Waals surface area contributed by atoms with E-state index < -0.39 is 0 Å². The van der Waals surface area contributed by atoms with E-state index in [0.29, 0.717) is 11.7 Å². The Morgan fingerprint density at radius 3 is 2.71 bits per heavy atom. The Hall–Kier alpha value is -1.78. The molecule has 0 fully saturated rings. The summed E-state index contributed by atoms with van der Waals surface area (Å²) in [6, 6.07) is 15.4. The van der Waals surface area contributed by atoms with Crippen LogP contribution in [0.25, 0.3) is 0 Å². The summed E-state index contributed by atoms with van der Waals surface area (Å²) in [7, 11) is 3.58. The van der Waals surface area contributed by atoms with Gasteiger partial charge in [0, 0.05) is 30.4 Å². The summed E-state index contributed by atoms with van der Waals surface area (Å²) < 4.78 is 5.19. The van der Waals surface area contributed by atoms with Gasteiger partial charge in [-0.3, -0.25) is 0 Å². The number of nitrogens with one attached hydrogen (secondary N) is 1. The van der Waals surface area contributed by atoms with E-state index in [4.69, 9.17) is 28.6 Å². The molecule has 0 heterocycles. The van der Waals surface area contributed by atoms with Crippen LogP contribution in [-0.4, -0.2) is 24.2 Å². The van der Waals surface area contributed by atoms with Crippen molar-refractivity contribution in [2.45, 2.75) is 6.54 Å². The first-order valence-corrected chi connectivity index (χ1v) is 7.28. The van der Waals surface area contributed by atoms with Gasteiger partial charge in [0.1, 0.15) is 5.75 Å². The van der Waals surface area contributed by atoms with Crippen molar-refractivity contribution in [1.29, 1.82) is 0 Å². The Kier molecular flexibility index (Phi) is 5.42. The van der Waals surface area contributed by atoms with Gasteiger partial charge in [0.2, 0.25) is 0 Å². The fourth-order valence-electron chi connectivity index (χ4n) is 1.90. The van der Waals surface area contributed by atoms with Crippen molar-refractivity contribution in [2.24, 2.45) is 0 Å². The molecule has 2 rings (SSSR count). The van der Waals surface area contributed by atoms with Gasteiger partial charge in [0.15, 0.2) is 5.11 Å². The normalized spacial score (nSPS) is 10.0. The van der Waals surface area contributed by atoms with Crippen LogP contribution in [0.2, 0.25) is 5.02 Å². The summed E-state index contributed by atoms with van der Waals surface area (Å²) in [5.41, 5.74) is 2.01. The van der Waals surface area contributed by atoms with Crippen LogP contribution in [0.15, 0.2) is 48.5 Å². The van der Waals surface area contributed by atoms with Gasteiger partial charge in [-0.25, -0.2) is 0 Å². The number of ether oxygens (including phenoxy) is 1. The molecular formula is C16H17ClN2OS. The third-order valence-electron chi connectivity index (χ3n) is 2.98. The molecule has 0 spiro atoms. The van der Waals surface area contributed by atoms with Gasteiger partial charge in [-0.2, -0.15) is 0 Å². The van der Waals surface area contributed by atoms with Crippen LogP contribution >= 0.6 is 23.8 Å². The van der Waals surface area contributed by atoms with Gasteiger partial charge >= 0.3 is 0 Å². The number of halogens is 1. The van der Waals surface area contributed by atoms with Crippen LogP contribution < -0.4 is 10.1 Å². The summed E-state index contributed by atoms with van der Waals surface area (Å²) >= 11 is 11.4. The molecule has 21 heavy (non-hydrogen) atoms. The minimum atomic E-state index is 0.642. The minimum absolute atomic E-state index is 0.642. The molecule has 0 saturated carbocycles. The molecule has 0 aliphatic carbocycles. The number of thiocarbonyl (C=S) groups is 1. The predicted octanol–water partition coefficient (Wildman–Crippen LogP) is 4.18. The van der Waals surface area contributed by atoms with E-state index in [9.17, 15) is 0 Å². The van der Waals surface area contributed by atoms with Gasteiger partial charge in [-0.05, 0) is 42.0 Å².